The molecule has 0 spiro atoms. The molecule has 0 saturated carbocycles. The first-order chi connectivity index (χ1) is 9.99. The number of carbonyl (C=O) groups excluding carboxylic acids is 1. The molecule has 0 aliphatic rings. The maximum Gasteiger partial charge on any atom is 0.321 e. The zero-order valence-electron chi connectivity index (χ0n) is 12.3. The molecule has 1 aromatic rings. The lowest BCUT2D eigenvalue weighted by molar-refractivity contribution is -0.141. The van der Waals surface area contributed by atoms with E-state index in [1.165, 1.54) is 12.1 Å². The summed E-state index contributed by atoms with van der Waals surface area (Å²) in [6.45, 7) is 4.15. The molecule has 0 atom stereocenters. The predicted octanol–water partition coefficient (Wildman–Crippen LogP) is 1.71. The first kappa shape index (κ1) is 17.5. The van der Waals surface area contributed by atoms with Gasteiger partial charge in [0.25, 0.3) is 0 Å². The van der Waals surface area contributed by atoms with E-state index in [1.54, 1.807) is 19.1 Å². The molecule has 0 amide bonds. The predicted molar refractivity (Wildman–Crippen MR) is 78.7 cm³/mol. The summed E-state index contributed by atoms with van der Waals surface area (Å²) >= 11 is 0. The third-order valence-electron chi connectivity index (χ3n) is 2.61. The second kappa shape index (κ2) is 8.63. The SMILES string of the molecule is CCCCOc1ccc(S(=O)(=O)NCC(=O)OCC)cc1. The molecular formula is C14H21NO5S. The second-order valence-electron chi connectivity index (χ2n) is 4.30. The fourth-order valence-corrected chi connectivity index (χ4v) is 2.47. The Morgan fingerprint density at radius 1 is 1.19 bits per heavy atom. The van der Waals surface area contributed by atoms with Gasteiger partial charge in [-0.3, -0.25) is 4.79 Å². The summed E-state index contributed by atoms with van der Waals surface area (Å²) in [7, 11) is -3.72. The first-order valence-corrected chi connectivity index (χ1v) is 8.36. The molecule has 1 aromatic carbocycles. The Balaban J connectivity index is 2.60. The van der Waals surface area contributed by atoms with Crippen LogP contribution in [-0.2, 0) is 19.6 Å². The quantitative estimate of drug-likeness (QED) is 0.554. The van der Waals surface area contributed by atoms with Crippen LogP contribution in [0.25, 0.3) is 0 Å². The summed E-state index contributed by atoms with van der Waals surface area (Å²) < 4.78 is 36.2. The largest absolute Gasteiger partial charge is 0.494 e. The molecule has 7 heteroatoms. The van der Waals surface area contributed by atoms with Gasteiger partial charge in [0.15, 0.2) is 0 Å². The number of hydrogen-bond acceptors (Lipinski definition) is 5. The fraction of sp³-hybridized carbons (Fsp3) is 0.500. The minimum absolute atomic E-state index is 0.0784. The van der Waals surface area contributed by atoms with Crippen molar-refractivity contribution < 1.29 is 22.7 Å². The van der Waals surface area contributed by atoms with Crippen molar-refractivity contribution in [3.8, 4) is 5.75 Å². The number of ether oxygens (including phenoxy) is 2. The molecular weight excluding hydrogens is 294 g/mol. The van der Waals surface area contributed by atoms with Crippen molar-refractivity contribution in [3.63, 3.8) is 0 Å². The second-order valence-corrected chi connectivity index (χ2v) is 6.07. The minimum Gasteiger partial charge on any atom is -0.494 e. The smallest absolute Gasteiger partial charge is 0.321 e. The molecule has 0 aliphatic heterocycles. The number of sulfonamides is 1. The molecule has 0 heterocycles. The van der Waals surface area contributed by atoms with E-state index in [1.807, 2.05) is 0 Å². The average molecular weight is 315 g/mol. The van der Waals surface area contributed by atoms with Crippen LogP contribution in [0.2, 0.25) is 0 Å². The Kier molecular flexibility index (Phi) is 7.18. The third kappa shape index (κ3) is 6.14. The number of unbranched alkanes of at least 4 members (excludes halogenated alkanes) is 1. The molecule has 6 nitrogen and oxygen atoms in total. The maximum atomic E-state index is 12.0. The van der Waals surface area contributed by atoms with Gasteiger partial charge in [-0.2, -0.15) is 4.72 Å². The van der Waals surface area contributed by atoms with Gasteiger partial charge in [0, 0.05) is 0 Å². The summed E-state index contributed by atoms with van der Waals surface area (Å²) in [5, 5.41) is 0. The number of carbonyl (C=O) groups is 1. The summed E-state index contributed by atoms with van der Waals surface area (Å²) in [5.74, 6) is 0.00777. The standard InChI is InChI=1S/C14H21NO5S/c1-3-5-10-20-12-6-8-13(9-7-12)21(17,18)15-11-14(16)19-4-2/h6-9,15H,3-5,10-11H2,1-2H3. The van der Waals surface area contributed by atoms with Gasteiger partial charge in [0.2, 0.25) is 10.0 Å². The van der Waals surface area contributed by atoms with E-state index < -0.39 is 16.0 Å². The molecule has 0 unspecified atom stereocenters. The topological polar surface area (TPSA) is 81.7 Å². The van der Waals surface area contributed by atoms with Crippen molar-refractivity contribution in [2.75, 3.05) is 19.8 Å². The maximum absolute atomic E-state index is 12.0. The highest BCUT2D eigenvalue weighted by Gasteiger charge is 2.15. The summed E-state index contributed by atoms with van der Waals surface area (Å²) in [5.41, 5.74) is 0. The molecule has 1 rings (SSSR count). The van der Waals surface area contributed by atoms with E-state index in [0.29, 0.717) is 12.4 Å². The van der Waals surface area contributed by atoms with Gasteiger partial charge in [-0.25, -0.2) is 8.42 Å². The Labute approximate surface area is 125 Å². The van der Waals surface area contributed by atoms with E-state index in [0.717, 1.165) is 12.8 Å². The van der Waals surface area contributed by atoms with Crippen LogP contribution in [0.5, 0.6) is 5.75 Å². The van der Waals surface area contributed by atoms with Crippen molar-refractivity contribution in [1.29, 1.82) is 0 Å². The van der Waals surface area contributed by atoms with Crippen LogP contribution in [0.3, 0.4) is 0 Å². The molecule has 21 heavy (non-hydrogen) atoms. The van der Waals surface area contributed by atoms with E-state index >= 15 is 0 Å². The van der Waals surface area contributed by atoms with E-state index in [-0.39, 0.29) is 18.0 Å². The molecule has 0 bridgehead atoms. The van der Waals surface area contributed by atoms with Crippen LogP contribution in [0.1, 0.15) is 26.7 Å². The van der Waals surface area contributed by atoms with Crippen LogP contribution < -0.4 is 9.46 Å². The number of hydrogen-bond donors (Lipinski definition) is 1. The Bertz CT molecular complexity index is 539. The highest BCUT2D eigenvalue weighted by atomic mass is 32.2. The van der Waals surface area contributed by atoms with E-state index in [4.69, 9.17) is 4.74 Å². The van der Waals surface area contributed by atoms with Crippen molar-refractivity contribution >= 4 is 16.0 Å². The zero-order chi connectivity index (χ0) is 15.7. The van der Waals surface area contributed by atoms with Crippen LogP contribution >= 0.6 is 0 Å². The number of nitrogens with one attached hydrogen (secondary N) is 1. The van der Waals surface area contributed by atoms with Gasteiger partial charge in [0.05, 0.1) is 18.1 Å². The summed E-state index contributed by atoms with van der Waals surface area (Å²) in [4.78, 5) is 11.2. The summed E-state index contributed by atoms with van der Waals surface area (Å²) in [6.07, 6.45) is 1.98. The van der Waals surface area contributed by atoms with Gasteiger partial charge in [-0.15, -0.1) is 0 Å². The van der Waals surface area contributed by atoms with Crippen LogP contribution in [0, 0.1) is 0 Å². The molecule has 0 saturated heterocycles. The lowest BCUT2D eigenvalue weighted by Gasteiger charge is -2.08. The number of rotatable bonds is 9. The zero-order valence-corrected chi connectivity index (χ0v) is 13.1. The van der Waals surface area contributed by atoms with Crippen molar-refractivity contribution in [2.24, 2.45) is 0 Å². The lowest BCUT2D eigenvalue weighted by atomic mass is 10.3. The third-order valence-corrected chi connectivity index (χ3v) is 4.03. The molecule has 1 N–H and O–H groups in total. The van der Waals surface area contributed by atoms with Crippen molar-refractivity contribution in [3.05, 3.63) is 24.3 Å². The molecule has 0 aromatic heterocycles. The average Bonchev–Trinajstić information content (AvgIpc) is 2.46. The Hall–Kier alpha value is -1.60. The normalized spacial score (nSPS) is 11.1. The Morgan fingerprint density at radius 3 is 2.43 bits per heavy atom. The van der Waals surface area contributed by atoms with Crippen molar-refractivity contribution in [1.82, 2.24) is 4.72 Å². The molecule has 0 fully saturated rings. The van der Waals surface area contributed by atoms with Crippen molar-refractivity contribution in [2.45, 2.75) is 31.6 Å². The molecule has 0 radical (unpaired) electrons. The minimum atomic E-state index is -3.72. The van der Waals surface area contributed by atoms with E-state index in [2.05, 4.69) is 16.4 Å². The van der Waals surface area contributed by atoms with Gasteiger partial charge >= 0.3 is 5.97 Å². The number of esters is 1. The van der Waals surface area contributed by atoms with Gasteiger partial charge in [-0.1, -0.05) is 13.3 Å². The van der Waals surface area contributed by atoms with Crippen LogP contribution in [-0.4, -0.2) is 34.1 Å². The lowest BCUT2D eigenvalue weighted by Crippen LogP contribution is -2.30. The fourth-order valence-electron chi connectivity index (χ4n) is 1.50. The van der Waals surface area contributed by atoms with Gasteiger partial charge in [0.1, 0.15) is 12.3 Å². The van der Waals surface area contributed by atoms with Gasteiger partial charge in [-0.05, 0) is 37.6 Å². The van der Waals surface area contributed by atoms with E-state index in [9.17, 15) is 13.2 Å². The van der Waals surface area contributed by atoms with Crippen LogP contribution in [0.15, 0.2) is 29.2 Å². The first-order valence-electron chi connectivity index (χ1n) is 6.87. The highest BCUT2D eigenvalue weighted by molar-refractivity contribution is 7.89. The number of benzene rings is 1. The summed E-state index contributed by atoms with van der Waals surface area (Å²) in [6, 6.07) is 6.06. The van der Waals surface area contributed by atoms with Gasteiger partial charge < -0.3 is 9.47 Å². The molecule has 0 aliphatic carbocycles. The molecule has 118 valence electrons. The Morgan fingerprint density at radius 2 is 1.86 bits per heavy atom. The van der Waals surface area contributed by atoms with Crippen LogP contribution in [0.4, 0.5) is 0 Å². The highest BCUT2D eigenvalue weighted by Crippen LogP contribution is 2.16. The monoisotopic (exact) mass is 315 g/mol.